The molecule has 2 rings (SSSR count). The second-order valence-electron chi connectivity index (χ2n) is 4.39. The van der Waals surface area contributed by atoms with Crippen molar-refractivity contribution in [2.45, 2.75) is 12.6 Å². The first-order valence-electron chi connectivity index (χ1n) is 5.94. The topological polar surface area (TPSA) is 29.9 Å². The summed E-state index contributed by atoms with van der Waals surface area (Å²) in [6, 6.07) is 3.57. The van der Waals surface area contributed by atoms with Crippen LogP contribution in [0.1, 0.15) is 11.1 Å². The van der Waals surface area contributed by atoms with E-state index in [0.717, 1.165) is 24.1 Å². The van der Waals surface area contributed by atoms with Gasteiger partial charge in [-0.25, -0.2) is 0 Å². The molecule has 0 unspecified atom stereocenters. The molecule has 0 amide bonds. The van der Waals surface area contributed by atoms with E-state index in [0.29, 0.717) is 16.7 Å². The smallest absolute Gasteiger partial charge is 0.384 e. The van der Waals surface area contributed by atoms with E-state index in [-0.39, 0.29) is 0 Å². The molecular weight excluding hydrogens is 335 g/mol. The molecule has 0 atom stereocenters. The lowest BCUT2D eigenvalue weighted by Crippen LogP contribution is -2.08. The van der Waals surface area contributed by atoms with Crippen LogP contribution in [0.4, 0.5) is 18.9 Å². The summed E-state index contributed by atoms with van der Waals surface area (Å²) >= 11 is 3.15. The lowest BCUT2D eigenvalue weighted by atomic mass is 10.2. The molecule has 0 aliphatic heterocycles. The molecule has 0 fully saturated rings. The zero-order valence-electron chi connectivity index (χ0n) is 10.7. The Hall–Kier alpha value is -1.50. The number of alkyl halides is 3. The molecule has 1 aromatic carbocycles. The average molecular weight is 348 g/mol. The Morgan fingerprint density at radius 3 is 2.65 bits per heavy atom. The fraction of sp³-hybridized carbons (Fsp3) is 0.308. The van der Waals surface area contributed by atoms with E-state index in [1.54, 1.807) is 10.9 Å². The normalized spacial score (nSPS) is 11.7. The molecule has 3 nitrogen and oxygen atoms in total. The Morgan fingerprint density at radius 1 is 1.35 bits per heavy atom. The highest BCUT2D eigenvalue weighted by molar-refractivity contribution is 9.10. The molecular formula is C13H13BrF3N3. The number of nitrogens with zero attached hydrogens (tertiary/aromatic N) is 2. The quantitative estimate of drug-likeness (QED) is 0.910. The number of hydrogen-bond acceptors (Lipinski definition) is 2. The lowest BCUT2D eigenvalue weighted by Gasteiger charge is -2.11. The number of anilines is 1. The highest BCUT2D eigenvalue weighted by Crippen LogP contribution is 2.33. The fourth-order valence-electron chi connectivity index (χ4n) is 1.78. The van der Waals surface area contributed by atoms with Crippen LogP contribution in [0.15, 0.2) is 35.1 Å². The highest BCUT2D eigenvalue weighted by Gasteiger charge is 2.30. The largest absolute Gasteiger partial charge is 0.416 e. The number of hydrogen-bond donors (Lipinski definition) is 1. The molecule has 0 aliphatic carbocycles. The Labute approximate surface area is 122 Å². The van der Waals surface area contributed by atoms with Gasteiger partial charge in [-0.2, -0.15) is 18.3 Å². The molecule has 7 heteroatoms. The van der Waals surface area contributed by atoms with E-state index in [2.05, 4.69) is 26.3 Å². The first-order chi connectivity index (χ1) is 9.36. The van der Waals surface area contributed by atoms with Gasteiger partial charge in [-0.15, -0.1) is 0 Å². The number of aromatic nitrogens is 2. The van der Waals surface area contributed by atoms with Crippen LogP contribution in [0, 0.1) is 0 Å². The SMILES string of the molecule is Cn1cc(CCNc2ccc(C(F)(F)F)cc2Br)cn1. The van der Waals surface area contributed by atoms with Gasteiger partial charge in [0, 0.05) is 29.9 Å². The molecule has 0 saturated carbocycles. The molecule has 0 spiro atoms. The zero-order valence-corrected chi connectivity index (χ0v) is 12.3. The van der Waals surface area contributed by atoms with Crippen LogP contribution in [-0.4, -0.2) is 16.3 Å². The van der Waals surface area contributed by atoms with Gasteiger partial charge >= 0.3 is 6.18 Å². The summed E-state index contributed by atoms with van der Waals surface area (Å²) in [5.41, 5.74) is 1.05. The van der Waals surface area contributed by atoms with Crippen LogP contribution < -0.4 is 5.32 Å². The molecule has 0 aliphatic rings. The van der Waals surface area contributed by atoms with Gasteiger partial charge in [0.05, 0.1) is 11.8 Å². The van der Waals surface area contributed by atoms with Crippen molar-refractivity contribution in [3.8, 4) is 0 Å². The van der Waals surface area contributed by atoms with Crippen LogP contribution in [0.5, 0.6) is 0 Å². The Bertz CT molecular complexity index is 593. The van der Waals surface area contributed by atoms with Crippen LogP contribution >= 0.6 is 15.9 Å². The maximum atomic E-state index is 12.5. The second-order valence-corrected chi connectivity index (χ2v) is 5.25. The van der Waals surface area contributed by atoms with Gasteiger partial charge in [0.15, 0.2) is 0 Å². The third-order valence-electron chi connectivity index (χ3n) is 2.78. The van der Waals surface area contributed by atoms with Crippen molar-refractivity contribution in [2.24, 2.45) is 7.05 Å². The minimum atomic E-state index is -4.32. The molecule has 20 heavy (non-hydrogen) atoms. The van der Waals surface area contributed by atoms with E-state index in [4.69, 9.17) is 0 Å². The maximum Gasteiger partial charge on any atom is 0.416 e. The second kappa shape index (κ2) is 5.87. The average Bonchev–Trinajstić information content (AvgIpc) is 2.76. The van der Waals surface area contributed by atoms with Gasteiger partial charge in [-0.05, 0) is 46.1 Å². The van der Waals surface area contributed by atoms with Gasteiger partial charge in [0.25, 0.3) is 0 Å². The van der Waals surface area contributed by atoms with Crippen LogP contribution in [0.25, 0.3) is 0 Å². The molecule has 0 saturated heterocycles. The van der Waals surface area contributed by atoms with Crippen LogP contribution in [0.3, 0.4) is 0 Å². The Balaban J connectivity index is 1.96. The minimum Gasteiger partial charge on any atom is -0.384 e. The van der Waals surface area contributed by atoms with Crippen molar-refractivity contribution < 1.29 is 13.2 Å². The Morgan fingerprint density at radius 2 is 2.10 bits per heavy atom. The van der Waals surface area contributed by atoms with Gasteiger partial charge in [0.1, 0.15) is 0 Å². The van der Waals surface area contributed by atoms with E-state index < -0.39 is 11.7 Å². The molecule has 0 bridgehead atoms. The van der Waals surface area contributed by atoms with Crippen molar-refractivity contribution >= 4 is 21.6 Å². The monoisotopic (exact) mass is 347 g/mol. The van der Waals surface area contributed by atoms with Gasteiger partial charge in [-0.3, -0.25) is 4.68 Å². The number of nitrogens with one attached hydrogen (secondary N) is 1. The van der Waals surface area contributed by atoms with E-state index in [9.17, 15) is 13.2 Å². The van der Waals surface area contributed by atoms with Gasteiger partial charge in [-0.1, -0.05) is 0 Å². The predicted molar refractivity (Wildman–Crippen MR) is 74.5 cm³/mol. The van der Waals surface area contributed by atoms with Gasteiger partial charge in [0.2, 0.25) is 0 Å². The molecule has 1 aromatic heterocycles. The highest BCUT2D eigenvalue weighted by atomic mass is 79.9. The van der Waals surface area contributed by atoms with Crippen molar-refractivity contribution in [2.75, 3.05) is 11.9 Å². The molecule has 0 radical (unpaired) electrons. The third kappa shape index (κ3) is 3.75. The lowest BCUT2D eigenvalue weighted by molar-refractivity contribution is -0.137. The summed E-state index contributed by atoms with van der Waals surface area (Å²) in [6.45, 7) is 0.621. The Kier molecular flexibility index (Phi) is 4.37. The third-order valence-corrected chi connectivity index (χ3v) is 3.44. The molecule has 1 heterocycles. The summed E-state index contributed by atoms with van der Waals surface area (Å²) < 4.78 is 39.7. The first-order valence-corrected chi connectivity index (χ1v) is 6.74. The van der Waals surface area contributed by atoms with E-state index in [1.165, 1.54) is 6.07 Å². The first kappa shape index (κ1) is 14.9. The molecule has 1 N–H and O–H groups in total. The number of benzene rings is 1. The zero-order chi connectivity index (χ0) is 14.8. The number of rotatable bonds is 4. The maximum absolute atomic E-state index is 12.5. The number of aryl methyl sites for hydroxylation is 1. The summed E-state index contributed by atoms with van der Waals surface area (Å²) in [4.78, 5) is 0. The minimum absolute atomic E-state index is 0.401. The van der Waals surface area contributed by atoms with Crippen LogP contribution in [-0.2, 0) is 19.6 Å². The number of halogens is 4. The van der Waals surface area contributed by atoms with Crippen molar-refractivity contribution in [1.29, 1.82) is 0 Å². The summed E-state index contributed by atoms with van der Waals surface area (Å²) in [5, 5.41) is 7.15. The standard InChI is InChI=1S/C13H13BrF3N3/c1-20-8-9(7-19-20)4-5-18-12-3-2-10(6-11(12)14)13(15,16)17/h2-3,6-8,18H,4-5H2,1H3. The van der Waals surface area contributed by atoms with Crippen molar-refractivity contribution in [3.63, 3.8) is 0 Å². The summed E-state index contributed by atoms with van der Waals surface area (Å²) in [5.74, 6) is 0. The fourth-order valence-corrected chi connectivity index (χ4v) is 2.30. The summed E-state index contributed by atoms with van der Waals surface area (Å²) in [7, 11) is 1.84. The van der Waals surface area contributed by atoms with Crippen LogP contribution in [0.2, 0.25) is 0 Å². The van der Waals surface area contributed by atoms with E-state index >= 15 is 0 Å². The predicted octanol–water partition coefficient (Wildman–Crippen LogP) is 3.86. The van der Waals surface area contributed by atoms with E-state index in [1.807, 2.05) is 13.2 Å². The molecule has 108 valence electrons. The van der Waals surface area contributed by atoms with Gasteiger partial charge < -0.3 is 5.32 Å². The van der Waals surface area contributed by atoms with Crippen molar-refractivity contribution in [3.05, 3.63) is 46.2 Å². The summed E-state index contributed by atoms with van der Waals surface area (Å²) in [6.07, 6.45) is 0.102. The molecule has 2 aromatic rings. The van der Waals surface area contributed by atoms with Crippen molar-refractivity contribution in [1.82, 2.24) is 9.78 Å².